The van der Waals surface area contributed by atoms with Gasteiger partial charge in [0.25, 0.3) is 0 Å². The highest BCUT2D eigenvalue weighted by Gasteiger charge is 2.36. The SMILES string of the molecule is COc1cccc(OC)c1-n1c(CS(=O)(=O)[C@@H](C)[C@H](O)c2ncc(Cl)cn2)nnc1-c1cncc(C)c1.COc1cccc(OC)c1-n1c(CS(=O)(=O)[C@H](C)[C@@H](O)c2ncc(Cl)cn2)nnc1-c1cncc(C)c1. The average molecular weight is 1090 g/mol. The number of aromatic nitrogens is 12. The zero-order valence-corrected chi connectivity index (χ0v) is 44.2. The number of aliphatic hydroxyl groups excluding tert-OH is 2. The molecule has 22 nitrogen and oxygen atoms in total. The topological polar surface area (TPSA) is 284 Å². The standard InChI is InChI=1S/2C24H25ClN6O5S/c2*1-14-8-16(10-26-9-14)24-30-29-20(31(24)21-18(35-3)6-5-7-19(21)36-4)13-37(33,34)15(2)22(32)23-27-11-17(25)12-28-23/h2*5-12,15,22,32H,13H2,1-4H3/t2*15-,22-/m10/s1. The van der Waals surface area contributed by atoms with Crippen molar-refractivity contribution in [2.24, 2.45) is 0 Å². The van der Waals surface area contributed by atoms with E-state index in [4.69, 9.17) is 42.1 Å². The maximum absolute atomic E-state index is 13.5. The van der Waals surface area contributed by atoms with Crippen LogP contribution >= 0.6 is 23.2 Å². The maximum Gasteiger partial charge on any atom is 0.170 e. The van der Waals surface area contributed by atoms with Gasteiger partial charge in [0.2, 0.25) is 0 Å². The predicted molar refractivity (Wildman–Crippen MR) is 273 cm³/mol. The van der Waals surface area contributed by atoms with Crippen LogP contribution in [0.3, 0.4) is 0 Å². The summed E-state index contributed by atoms with van der Waals surface area (Å²) in [6.07, 6.45) is 8.80. The number of para-hydroxylation sites is 2. The molecule has 0 fully saturated rings. The Morgan fingerprint density at radius 2 is 0.851 bits per heavy atom. The first-order chi connectivity index (χ1) is 35.3. The molecule has 388 valence electrons. The van der Waals surface area contributed by atoms with E-state index in [2.05, 4.69) is 50.3 Å². The van der Waals surface area contributed by atoms with Crippen LogP contribution in [0.4, 0.5) is 0 Å². The Labute approximate surface area is 436 Å². The first kappa shape index (κ1) is 54.6. The number of ether oxygens (including phenoxy) is 4. The number of aliphatic hydroxyl groups is 2. The van der Waals surface area contributed by atoms with Crippen molar-refractivity contribution in [1.82, 2.24) is 59.4 Å². The van der Waals surface area contributed by atoms with E-state index < -0.39 is 53.9 Å². The lowest BCUT2D eigenvalue weighted by Crippen LogP contribution is -2.29. The van der Waals surface area contributed by atoms with Crippen molar-refractivity contribution < 1.29 is 46.0 Å². The van der Waals surface area contributed by atoms with E-state index in [1.54, 1.807) is 70.3 Å². The van der Waals surface area contributed by atoms with Gasteiger partial charge in [0, 0.05) is 60.7 Å². The lowest BCUT2D eigenvalue weighted by atomic mass is 10.2. The lowest BCUT2D eigenvalue weighted by molar-refractivity contribution is 0.165. The van der Waals surface area contributed by atoms with Crippen molar-refractivity contribution in [1.29, 1.82) is 0 Å². The van der Waals surface area contributed by atoms with Gasteiger partial charge in [-0.2, -0.15) is 0 Å². The van der Waals surface area contributed by atoms with Gasteiger partial charge in [0.15, 0.2) is 54.6 Å². The summed E-state index contributed by atoms with van der Waals surface area (Å²) in [6.45, 7) is 6.53. The molecule has 6 heterocycles. The molecular weight excluding hydrogens is 1040 g/mol. The Morgan fingerprint density at radius 1 is 0.527 bits per heavy atom. The molecular formula is C48H50Cl2N12O10S2. The Bertz CT molecular complexity index is 3210. The second kappa shape index (κ2) is 23.3. The summed E-state index contributed by atoms with van der Waals surface area (Å²) in [4.78, 5) is 24.3. The van der Waals surface area contributed by atoms with Crippen molar-refractivity contribution in [3.8, 4) is 57.1 Å². The van der Waals surface area contributed by atoms with E-state index in [-0.39, 0.29) is 33.3 Å². The number of nitrogens with zero attached hydrogens (tertiary/aromatic N) is 12. The highest BCUT2D eigenvalue weighted by molar-refractivity contribution is 7.91. The Morgan fingerprint density at radius 3 is 1.15 bits per heavy atom. The highest BCUT2D eigenvalue weighted by atomic mass is 35.5. The number of benzene rings is 2. The van der Waals surface area contributed by atoms with Crippen LogP contribution in [0.5, 0.6) is 23.0 Å². The number of methoxy groups -OCH3 is 4. The Kier molecular flexibility index (Phi) is 17.2. The van der Waals surface area contributed by atoms with E-state index in [0.29, 0.717) is 57.1 Å². The summed E-state index contributed by atoms with van der Waals surface area (Å²) in [5.74, 6) is 1.34. The van der Waals surface area contributed by atoms with Gasteiger partial charge >= 0.3 is 0 Å². The van der Waals surface area contributed by atoms with Crippen LogP contribution in [0.2, 0.25) is 10.0 Å². The lowest BCUT2D eigenvalue weighted by Gasteiger charge is -2.20. The van der Waals surface area contributed by atoms with Crippen LogP contribution in [0.25, 0.3) is 34.2 Å². The molecule has 74 heavy (non-hydrogen) atoms. The molecule has 0 aliphatic carbocycles. The number of sulfone groups is 2. The first-order valence-electron chi connectivity index (χ1n) is 22.2. The van der Waals surface area contributed by atoms with Crippen LogP contribution < -0.4 is 18.9 Å². The van der Waals surface area contributed by atoms with Gasteiger partial charge in [-0.15, -0.1) is 20.4 Å². The van der Waals surface area contributed by atoms with Gasteiger partial charge in [-0.3, -0.25) is 19.1 Å². The number of rotatable bonds is 18. The van der Waals surface area contributed by atoms with Crippen molar-refractivity contribution in [3.63, 3.8) is 0 Å². The van der Waals surface area contributed by atoms with Crippen LogP contribution in [0, 0.1) is 13.8 Å². The minimum atomic E-state index is -4.00. The fraction of sp³-hybridized carbons (Fsp3) is 0.292. The number of hydrogen-bond donors (Lipinski definition) is 2. The summed E-state index contributed by atoms with van der Waals surface area (Å²) in [5, 5.41) is 36.5. The van der Waals surface area contributed by atoms with E-state index in [9.17, 15) is 27.0 Å². The quantitative estimate of drug-likeness (QED) is 0.0957. The van der Waals surface area contributed by atoms with Crippen LogP contribution in [0.15, 0.2) is 98.1 Å². The van der Waals surface area contributed by atoms with E-state index >= 15 is 0 Å². The van der Waals surface area contributed by atoms with Gasteiger partial charge < -0.3 is 29.2 Å². The first-order valence-corrected chi connectivity index (χ1v) is 26.4. The van der Waals surface area contributed by atoms with Gasteiger partial charge in [-0.1, -0.05) is 35.3 Å². The number of pyridine rings is 2. The summed E-state index contributed by atoms with van der Waals surface area (Å²) in [6, 6.07) is 14.1. The molecule has 0 aliphatic heterocycles. The van der Waals surface area contributed by atoms with Gasteiger partial charge in [-0.05, 0) is 75.2 Å². The van der Waals surface area contributed by atoms with Crippen molar-refractivity contribution in [2.45, 2.75) is 61.9 Å². The largest absolute Gasteiger partial charge is 0.494 e. The van der Waals surface area contributed by atoms with Crippen LogP contribution in [-0.4, -0.2) is 125 Å². The second-order valence-electron chi connectivity index (χ2n) is 16.5. The molecule has 0 saturated carbocycles. The smallest absolute Gasteiger partial charge is 0.170 e. The third kappa shape index (κ3) is 11.9. The summed E-state index contributed by atoms with van der Waals surface area (Å²) in [7, 11) is -2.01. The molecule has 0 amide bonds. The second-order valence-corrected chi connectivity index (χ2v) is 22.1. The summed E-state index contributed by atoms with van der Waals surface area (Å²) >= 11 is 11.6. The zero-order valence-electron chi connectivity index (χ0n) is 41.1. The molecule has 2 aromatic carbocycles. The molecule has 0 radical (unpaired) electrons. The molecule has 0 unspecified atom stereocenters. The molecule has 8 rings (SSSR count). The normalized spacial score (nSPS) is 13.2. The minimum Gasteiger partial charge on any atom is -0.494 e. The minimum absolute atomic E-state index is 0.0557. The van der Waals surface area contributed by atoms with Crippen molar-refractivity contribution in [3.05, 3.63) is 143 Å². The summed E-state index contributed by atoms with van der Waals surface area (Å²) < 4.78 is 79.4. The molecule has 8 aromatic rings. The Balaban J connectivity index is 0.000000216. The molecule has 4 atom stereocenters. The molecule has 0 aliphatic rings. The molecule has 2 N–H and O–H groups in total. The van der Waals surface area contributed by atoms with Crippen molar-refractivity contribution >= 4 is 42.9 Å². The van der Waals surface area contributed by atoms with E-state index in [0.717, 1.165) is 11.1 Å². The molecule has 6 aromatic heterocycles. The Hall–Kier alpha value is -7.22. The summed E-state index contributed by atoms with van der Waals surface area (Å²) in [5.41, 5.74) is 3.85. The number of aryl methyl sites for hydroxylation is 2. The maximum atomic E-state index is 13.5. The zero-order chi connectivity index (χ0) is 53.5. The van der Waals surface area contributed by atoms with Crippen molar-refractivity contribution in [2.75, 3.05) is 28.4 Å². The van der Waals surface area contributed by atoms with Gasteiger partial charge in [-0.25, -0.2) is 36.8 Å². The highest BCUT2D eigenvalue weighted by Crippen LogP contribution is 2.39. The fourth-order valence-electron chi connectivity index (χ4n) is 7.51. The van der Waals surface area contributed by atoms with E-state index in [1.807, 2.05) is 26.0 Å². The fourth-order valence-corrected chi connectivity index (χ4v) is 10.4. The van der Waals surface area contributed by atoms with Gasteiger partial charge in [0.1, 0.15) is 58.1 Å². The van der Waals surface area contributed by atoms with E-state index in [1.165, 1.54) is 67.1 Å². The molecule has 0 saturated heterocycles. The predicted octanol–water partition coefficient (Wildman–Crippen LogP) is 6.27. The molecule has 0 bridgehead atoms. The number of halogens is 2. The third-order valence-corrected chi connectivity index (χ3v) is 16.0. The monoisotopic (exact) mass is 1090 g/mol. The average Bonchev–Trinajstić information content (AvgIpc) is 4.00. The van der Waals surface area contributed by atoms with Crippen LogP contribution in [0.1, 0.15) is 60.5 Å². The number of hydrogen-bond acceptors (Lipinski definition) is 20. The molecule has 0 spiro atoms. The molecule has 26 heteroatoms. The van der Waals surface area contributed by atoms with Crippen LogP contribution in [-0.2, 0) is 31.2 Å². The van der Waals surface area contributed by atoms with Gasteiger partial charge in [0.05, 0.1) is 49.0 Å². The third-order valence-electron chi connectivity index (χ3n) is 11.5.